The first-order valence-electron chi connectivity index (χ1n) is 9.44. The van der Waals surface area contributed by atoms with E-state index in [0.29, 0.717) is 37.6 Å². The highest BCUT2D eigenvalue weighted by molar-refractivity contribution is 7.13. The van der Waals surface area contributed by atoms with Crippen LogP contribution in [0.4, 0.5) is 11.4 Å². The molecule has 30 heavy (non-hydrogen) atoms. The fraction of sp³-hybridized carbons (Fsp3) is 0.300. The summed E-state index contributed by atoms with van der Waals surface area (Å²) >= 11 is 1.57. The monoisotopic (exact) mass is 428 g/mol. The van der Waals surface area contributed by atoms with Crippen molar-refractivity contribution >= 4 is 28.6 Å². The molecule has 0 spiro atoms. The van der Waals surface area contributed by atoms with Crippen LogP contribution in [0.25, 0.3) is 10.6 Å². The lowest BCUT2D eigenvalue weighted by molar-refractivity contribution is -0.384. The molecule has 9 nitrogen and oxygen atoms in total. The van der Waals surface area contributed by atoms with Crippen molar-refractivity contribution in [2.75, 3.05) is 37.7 Å². The number of hydrogen-bond donors (Lipinski definition) is 0. The number of carbonyl (C=O) groups is 1. The quantitative estimate of drug-likeness (QED) is 0.421. The maximum atomic E-state index is 12.4. The molecule has 1 aliphatic rings. The zero-order valence-electron chi connectivity index (χ0n) is 16.1. The van der Waals surface area contributed by atoms with Gasteiger partial charge >= 0.3 is 0 Å². The van der Waals surface area contributed by atoms with Gasteiger partial charge in [0.05, 0.1) is 16.4 Å². The van der Waals surface area contributed by atoms with E-state index in [1.54, 1.807) is 28.4 Å². The van der Waals surface area contributed by atoms with Gasteiger partial charge in [-0.05, 0) is 23.6 Å². The Hall–Kier alpha value is -3.24. The number of rotatable bonds is 7. The lowest BCUT2D eigenvalue weighted by atomic mass is 10.2. The van der Waals surface area contributed by atoms with Crippen LogP contribution >= 0.6 is 11.3 Å². The molecule has 0 aliphatic carbocycles. The Labute approximate surface area is 176 Å². The average Bonchev–Trinajstić information content (AvgIpc) is 3.46. The summed E-state index contributed by atoms with van der Waals surface area (Å²) in [5.41, 5.74) is 1.63. The van der Waals surface area contributed by atoms with Crippen molar-refractivity contribution in [3.05, 3.63) is 63.7 Å². The predicted molar refractivity (Wildman–Crippen MR) is 111 cm³/mol. The second-order valence-corrected chi connectivity index (χ2v) is 7.74. The van der Waals surface area contributed by atoms with E-state index in [4.69, 9.17) is 9.26 Å². The number of anilines is 1. The van der Waals surface area contributed by atoms with Gasteiger partial charge in [0, 0.05) is 50.1 Å². The number of nitro benzene ring substituents is 1. The van der Waals surface area contributed by atoms with E-state index in [0.717, 1.165) is 10.6 Å². The second-order valence-electron chi connectivity index (χ2n) is 6.79. The van der Waals surface area contributed by atoms with Crippen molar-refractivity contribution in [1.82, 2.24) is 10.1 Å². The molecule has 0 radical (unpaired) electrons. The number of benzene rings is 1. The molecule has 0 saturated carbocycles. The van der Waals surface area contributed by atoms with Crippen molar-refractivity contribution in [2.24, 2.45) is 0 Å². The van der Waals surface area contributed by atoms with Crippen LogP contribution in [0.1, 0.15) is 5.69 Å². The third-order valence-electron chi connectivity index (χ3n) is 4.86. The van der Waals surface area contributed by atoms with Crippen LogP contribution in [-0.4, -0.2) is 53.7 Å². The zero-order chi connectivity index (χ0) is 20.9. The highest BCUT2D eigenvalue weighted by Gasteiger charge is 2.22. The maximum absolute atomic E-state index is 12.4. The molecule has 3 aromatic rings. The first-order valence-corrected chi connectivity index (χ1v) is 10.3. The molecular weight excluding hydrogens is 408 g/mol. The van der Waals surface area contributed by atoms with E-state index in [9.17, 15) is 14.9 Å². The maximum Gasteiger partial charge on any atom is 0.269 e. The summed E-state index contributed by atoms with van der Waals surface area (Å²) in [7, 11) is 0. The summed E-state index contributed by atoms with van der Waals surface area (Å²) in [5.74, 6) is 0.623. The molecule has 10 heteroatoms. The van der Waals surface area contributed by atoms with E-state index in [1.165, 1.54) is 12.1 Å². The summed E-state index contributed by atoms with van der Waals surface area (Å²) < 4.78 is 10.8. The van der Waals surface area contributed by atoms with Gasteiger partial charge in [-0.25, -0.2) is 0 Å². The Kier molecular flexibility index (Phi) is 6.05. The standard InChI is InChI=1S/C20H20N4O5S/c25-20(14-28-13-15-12-18(29-21-15)19-2-1-11-30-19)23-9-7-22(8-10-23)16-3-5-17(6-4-16)24(26)27/h1-6,11-12H,7-10,13-14H2. The van der Waals surface area contributed by atoms with Crippen molar-refractivity contribution in [2.45, 2.75) is 6.61 Å². The summed E-state index contributed by atoms with van der Waals surface area (Å²) in [4.78, 5) is 27.6. The average molecular weight is 428 g/mol. The normalized spacial score (nSPS) is 14.1. The third-order valence-corrected chi connectivity index (χ3v) is 5.74. The zero-order valence-corrected chi connectivity index (χ0v) is 16.9. The molecule has 2 aromatic heterocycles. The summed E-state index contributed by atoms with van der Waals surface area (Å²) in [6.07, 6.45) is 0. The van der Waals surface area contributed by atoms with Crippen LogP contribution in [-0.2, 0) is 16.1 Å². The highest BCUT2D eigenvalue weighted by Crippen LogP contribution is 2.25. The molecule has 0 N–H and O–H groups in total. The number of carbonyl (C=O) groups excluding carboxylic acids is 1. The molecular formula is C20H20N4O5S. The number of thiophene rings is 1. The largest absolute Gasteiger partial charge is 0.368 e. The van der Waals surface area contributed by atoms with Crippen LogP contribution in [0.2, 0.25) is 0 Å². The number of nitro groups is 1. The lowest BCUT2D eigenvalue weighted by Gasteiger charge is -2.36. The van der Waals surface area contributed by atoms with Gasteiger partial charge in [0.2, 0.25) is 5.91 Å². The number of aromatic nitrogens is 1. The van der Waals surface area contributed by atoms with Crippen molar-refractivity contribution in [3.63, 3.8) is 0 Å². The molecule has 1 saturated heterocycles. The first-order chi connectivity index (χ1) is 14.6. The van der Waals surface area contributed by atoms with Gasteiger partial charge in [-0.3, -0.25) is 14.9 Å². The minimum atomic E-state index is -0.414. The first kappa shape index (κ1) is 20.0. The number of hydrogen-bond acceptors (Lipinski definition) is 8. The molecule has 4 rings (SSSR count). The molecule has 3 heterocycles. The minimum Gasteiger partial charge on any atom is -0.368 e. The Balaban J connectivity index is 1.21. The molecule has 1 fully saturated rings. The molecule has 0 atom stereocenters. The van der Waals surface area contributed by atoms with Crippen LogP contribution in [0.15, 0.2) is 52.4 Å². The van der Waals surface area contributed by atoms with Crippen molar-refractivity contribution < 1.29 is 19.0 Å². The molecule has 1 aliphatic heterocycles. The molecule has 0 unspecified atom stereocenters. The van der Waals surface area contributed by atoms with Crippen molar-refractivity contribution in [1.29, 1.82) is 0 Å². The topological polar surface area (TPSA) is 102 Å². The smallest absolute Gasteiger partial charge is 0.269 e. The van der Waals surface area contributed by atoms with E-state index in [2.05, 4.69) is 10.1 Å². The third kappa shape index (κ3) is 4.66. The molecule has 0 bridgehead atoms. The SMILES string of the molecule is O=C(COCc1cc(-c2cccs2)on1)N1CCN(c2ccc([N+](=O)[O-])cc2)CC1. The highest BCUT2D eigenvalue weighted by atomic mass is 32.1. The number of non-ortho nitro benzene ring substituents is 1. The summed E-state index contributed by atoms with van der Waals surface area (Å²) in [6, 6.07) is 12.2. The number of nitrogens with zero attached hydrogens (tertiary/aromatic N) is 4. The Morgan fingerprint density at radius 2 is 1.97 bits per heavy atom. The van der Waals surface area contributed by atoms with E-state index in [1.807, 2.05) is 23.6 Å². The van der Waals surface area contributed by atoms with E-state index < -0.39 is 4.92 Å². The fourth-order valence-corrected chi connectivity index (χ4v) is 3.92. The van der Waals surface area contributed by atoms with Gasteiger partial charge in [-0.15, -0.1) is 11.3 Å². The van der Waals surface area contributed by atoms with Gasteiger partial charge in [-0.1, -0.05) is 11.2 Å². The van der Waals surface area contributed by atoms with Crippen LogP contribution in [0.3, 0.4) is 0 Å². The minimum absolute atomic E-state index is 0.0152. The van der Waals surface area contributed by atoms with Gasteiger partial charge < -0.3 is 19.1 Å². The Morgan fingerprint density at radius 3 is 2.63 bits per heavy atom. The number of ether oxygens (including phenoxy) is 1. The van der Waals surface area contributed by atoms with Crippen LogP contribution < -0.4 is 4.90 Å². The van der Waals surface area contributed by atoms with Crippen molar-refractivity contribution in [3.8, 4) is 10.6 Å². The number of amides is 1. The predicted octanol–water partition coefficient (Wildman–Crippen LogP) is 3.18. The Bertz CT molecular complexity index is 995. The summed E-state index contributed by atoms with van der Waals surface area (Å²) in [6.45, 7) is 2.67. The fourth-order valence-electron chi connectivity index (χ4n) is 3.25. The van der Waals surface area contributed by atoms with Gasteiger partial charge in [0.1, 0.15) is 12.3 Å². The van der Waals surface area contributed by atoms with Gasteiger partial charge in [-0.2, -0.15) is 0 Å². The van der Waals surface area contributed by atoms with Gasteiger partial charge in [0.25, 0.3) is 5.69 Å². The van der Waals surface area contributed by atoms with Crippen LogP contribution in [0, 0.1) is 10.1 Å². The Morgan fingerprint density at radius 1 is 1.20 bits per heavy atom. The molecule has 156 valence electrons. The lowest BCUT2D eigenvalue weighted by Crippen LogP contribution is -2.49. The van der Waals surface area contributed by atoms with Crippen LogP contribution in [0.5, 0.6) is 0 Å². The summed E-state index contributed by atoms with van der Waals surface area (Å²) in [5, 5.41) is 16.7. The van der Waals surface area contributed by atoms with Gasteiger partial charge in [0.15, 0.2) is 5.76 Å². The number of piperazine rings is 1. The second kappa shape index (κ2) is 9.06. The van der Waals surface area contributed by atoms with E-state index >= 15 is 0 Å². The van der Waals surface area contributed by atoms with E-state index in [-0.39, 0.29) is 24.8 Å². The molecule has 1 amide bonds. The molecule has 1 aromatic carbocycles.